The van der Waals surface area contributed by atoms with Crippen molar-refractivity contribution in [2.75, 3.05) is 19.8 Å². The third-order valence-corrected chi connectivity index (χ3v) is 4.57. The molecule has 0 spiro atoms. The van der Waals surface area contributed by atoms with Gasteiger partial charge in [-0.15, -0.1) is 11.3 Å². The molecule has 0 fully saturated rings. The second-order valence-electron chi connectivity index (χ2n) is 4.55. The largest absolute Gasteiger partial charge is 0.462 e. The second kappa shape index (κ2) is 7.66. The highest BCUT2D eigenvalue weighted by Crippen LogP contribution is 2.21. The van der Waals surface area contributed by atoms with Crippen LogP contribution in [0.4, 0.5) is 0 Å². The Hall–Kier alpha value is -1.51. The molecule has 0 aliphatic rings. The molecule has 0 aliphatic carbocycles. The molecule has 2 aromatic heterocycles. The van der Waals surface area contributed by atoms with Gasteiger partial charge in [0.05, 0.1) is 12.0 Å². The first-order valence-corrected chi connectivity index (χ1v) is 8.28. The number of nitrogens with one attached hydrogen (secondary N) is 1. The fraction of sp³-hybridized carbons (Fsp3) is 0.500. The summed E-state index contributed by atoms with van der Waals surface area (Å²) in [6.45, 7) is 4.76. The van der Waals surface area contributed by atoms with Crippen molar-refractivity contribution < 1.29 is 14.3 Å². The van der Waals surface area contributed by atoms with Crippen LogP contribution in [0.2, 0.25) is 0 Å². The average Bonchev–Trinajstić information content (AvgIpc) is 2.91. The Kier molecular flexibility index (Phi) is 5.87. The maximum atomic E-state index is 12.4. The predicted octanol–water partition coefficient (Wildman–Crippen LogP) is 2.26. The highest BCUT2D eigenvalue weighted by atomic mass is 32.1. The second-order valence-corrected chi connectivity index (χ2v) is 6.07. The van der Waals surface area contributed by atoms with Crippen LogP contribution < -0.4 is 5.56 Å². The summed E-state index contributed by atoms with van der Waals surface area (Å²) < 4.78 is 11.6. The quantitative estimate of drug-likeness (QED) is 0.475. The number of carbonyl (C=O) groups is 1. The summed E-state index contributed by atoms with van der Waals surface area (Å²) in [6, 6.07) is 1.84. The van der Waals surface area contributed by atoms with E-state index in [-0.39, 0.29) is 23.5 Å². The molecule has 6 nitrogen and oxygen atoms in total. The molecule has 2 rings (SSSR count). The summed E-state index contributed by atoms with van der Waals surface area (Å²) in [5.41, 5.74) is -0.267. The van der Waals surface area contributed by atoms with E-state index in [1.165, 1.54) is 15.9 Å². The lowest BCUT2D eigenvalue weighted by atomic mass is 10.3. The van der Waals surface area contributed by atoms with Crippen LogP contribution in [0.25, 0.3) is 10.2 Å². The Labute approximate surface area is 136 Å². The summed E-state index contributed by atoms with van der Waals surface area (Å²) in [5, 5.41) is 0.553. The Balaban J connectivity index is 2.19. The Morgan fingerprint density at radius 1 is 1.41 bits per heavy atom. The number of thiophene rings is 1. The van der Waals surface area contributed by atoms with E-state index in [1.807, 2.05) is 19.9 Å². The van der Waals surface area contributed by atoms with Crippen molar-refractivity contribution in [1.29, 1.82) is 0 Å². The van der Waals surface area contributed by atoms with Crippen molar-refractivity contribution in [1.82, 2.24) is 9.55 Å². The van der Waals surface area contributed by atoms with Crippen LogP contribution in [-0.2, 0) is 27.2 Å². The maximum absolute atomic E-state index is 12.4. The first-order chi connectivity index (χ1) is 10.6. The van der Waals surface area contributed by atoms with Crippen molar-refractivity contribution in [3.63, 3.8) is 0 Å². The Bertz CT molecular complexity index is 775. The van der Waals surface area contributed by atoms with Gasteiger partial charge in [0, 0.05) is 11.5 Å². The van der Waals surface area contributed by atoms with Crippen LogP contribution in [0.1, 0.15) is 18.7 Å². The Morgan fingerprint density at radius 3 is 2.86 bits per heavy atom. The molecule has 0 unspecified atom stereocenters. The van der Waals surface area contributed by atoms with Gasteiger partial charge < -0.3 is 14.5 Å². The Morgan fingerprint density at radius 2 is 2.18 bits per heavy atom. The molecule has 8 heteroatoms. The summed E-state index contributed by atoms with van der Waals surface area (Å²) in [5.74, 6) is -0.508. The third kappa shape index (κ3) is 3.82. The number of fused-ring (bicyclic) bond motifs is 1. The molecule has 2 aromatic rings. The minimum Gasteiger partial charge on any atom is -0.462 e. The van der Waals surface area contributed by atoms with Crippen LogP contribution >= 0.6 is 23.6 Å². The van der Waals surface area contributed by atoms with E-state index in [1.54, 1.807) is 0 Å². The molecule has 0 saturated carbocycles. The highest BCUT2D eigenvalue weighted by molar-refractivity contribution is 7.71. The van der Waals surface area contributed by atoms with E-state index in [0.29, 0.717) is 18.6 Å². The summed E-state index contributed by atoms with van der Waals surface area (Å²) in [6.07, 6.45) is 0.846. The fourth-order valence-electron chi connectivity index (χ4n) is 1.95. The number of aromatic nitrogens is 2. The molecule has 0 radical (unpaired) electrons. The smallest absolute Gasteiger partial charge is 0.326 e. The lowest BCUT2D eigenvalue weighted by Gasteiger charge is -2.07. The molecule has 0 amide bonds. The minimum absolute atomic E-state index is 0.165. The minimum atomic E-state index is -0.508. The molecule has 0 aromatic carbocycles. The fourth-order valence-corrected chi connectivity index (χ4v) is 3.25. The number of aromatic amines is 1. The van der Waals surface area contributed by atoms with Crippen LogP contribution in [0, 0.1) is 4.77 Å². The molecule has 22 heavy (non-hydrogen) atoms. The number of esters is 1. The van der Waals surface area contributed by atoms with Crippen molar-refractivity contribution in [2.24, 2.45) is 0 Å². The standard InChI is InChI=1S/C14H18N2O4S2/c1-3-9-7-10-12(22-9)15-14(21)16(13(10)18)8-11(17)20-6-5-19-4-2/h7H,3-6,8H2,1-2H3,(H,15,21). The van der Waals surface area contributed by atoms with E-state index in [0.717, 1.165) is 16.1 Å². The van der Waals surface area contributed by atoms with Gasteiger partial charge in [-0.2, -0.15) is 0 Å². The average molecular weight is 342 g/mol. The monoisotopic (exact) mass is 342 g/mol. The maximum Gasteiger partial charge on any atom is 0.326 e. The van der Waals surface area contributed by atoms with Crippen molar-refractivity contribution >= 4 is 39.7 Å². The zero-order chi connectivity index (χ0) is 16.1. The third-order valence-electron chi connectivity index (χ3n) is 3.05. The van der Waals surface area contributed by atoms with Crippen molar-refractivity contribution in [3.8, 4) is 0 Å². The zero-order valence-electron chi connectivity index (χ0n) is 12.5. The van der Waals surface area contributed by atoms with Crippen LogP contribution in [0.3, 0.4) is 0 Å². The number of H-pyrrole nitrogens is 1. The van der Waals surface area contributed by atoms with Gasteiger partial charge in [-0.3, -0.25) is 14.2 Å². The van der Waals surface area contributed by atoms with Gasteiger partial charge in [-0.05, 0) is 31.6 Å². The summed E-state index contributed by atoms with van der Waals surface area (Å²) in [4.78, 5) is 29.1. The molecule has 0 saturated heterocycles. The zero-order valence-corrected chi connectivity index (χ0v) is 14.1. The van der Waals surface area contributed by atoms with Crippen molar-refractivity contribution in [2.45, 2.75) is 26.8 Å². The highest BCUT2D eigenvalue weighted by Gasteiger charge is 2.12. The number of carbonyl (C=O) groups excluding carboxylic acids is 1. The predicted molar refractivity (Wildman–Crippen MR) is 88.1 cm³/mol. The van der Waals surface area contributed by atoms with Gasteiger partial charge in [0.1, 0.15) is 18.0 Å². The lowest BCUT2D eigenvalue weighted by Crippen LogP contribution is -2.27. The van der Waals surface area contributed by atoms with Gasteiger partial charge >= 0.3 is 5.97 Å². The normalized spacial score (nSPS) is 11.0. The number of hydrogen-bond acceptors (Lipinski definition) is 6. The number of ether oxygens (including phenoxy) is 2. The van der Waals surface area contributed by atoms with Crippen LogP contribution in [0.5, 0.6) is 0 Å². The van der Waals surface area contributed by atoms with Crippen LogP contribution in [0.15, 0.2) is 10.9 Å². The molecule has 0 aliphatic heterocycles. The number of nitrogens with zero attached hydrogens (tertiary/aromatic N) is 1. The number of aryl methyl sites for hydroxylation is 1. The van der Waals surface area contributed by atoms with Gasteiger partial charge in [0.2, 0.25) is 0 Å². The van der Waals surface area contributed by atoms with Gasteiger partial charge in [0.15, 0.2) is 4.77 Å². The molecule has 1 N–H and O–H groups in total. The van der Waals surface area contributed by atoms with Gasteiger partial charge in [-0.25, -0.2) is 0 Å². The molecule has 2 heterocycles. The van der Waals surface area contributed by atoms with Gasteiger partial charge in [-0.1, -0.05) is 6.92 Å². The topological polar surface area (TPSA) is 73.3 Å². The molecule has 0 atom stereocenters. The van der Waals surface area contributed by atoms with E-state index in [2.05, 4.69) is 4.98 Å². The van der Waals surface area contributed by atoms with Gasteiger partial charge in [0.25, 0.3) is 5.56 Å². The van der Waals surface area contributed by atoms with E-state index >= 15 is 0 Å². The van der Waals surface area contributed by atoms with E-state index < -0.39 is 5.97 Å². The van der Waals surface area contributed by atoms with Crippen LogP contribution in [-0.4, -0.2) is 35.3 Å². The SMILES string of the molecule is CCOCCOC(=O)Cn1c(=S)[nH]c2sc(CC)cc2c1=O. The molecular formula is C14H18N2O4S2. The van der Waals surface area contributed by atoms with Crippen molar-refractivity contribution in [3.05, 3.63) is 26.1 Å². The first kappa shape index (κ1) is 16.9. The molecule has 120 valence electrons. The molecular weight excluding hydrogens is 324 g/mol. The number of rotatable bonds is 7. The lowest BCUT2D eigenvalue weighted by molar-refractivity contribution is -0.145. The molecule has 0 bridgehead atoms. The summed E-state index contributed by atoms with van der Waals surface area (Å²) >= 11 is 6.67. The first-order valence-electron chi connectivity index (χ1n) is 7.05. The number of hydrogen-bond donors (Lipinski definition) is 1. The van der Waals surface area contributed by atoms with E-state index in [9.17, 15) is 9.59 Å². The summed E-state index contributed by atoms with van der Waals surface area (Å²) in [7, 11) is 0. The van der Waals surface area contributed by atoms with E-state index in [4.69, 9.17) is 21.7 Å².